The maximum Gasteiger partial charge on any atom is 0.161 e. The van der Waals surface area contributed by atoms with Gasteiger partial charge in [-0.2, -0.15) is 5.10 Å². The SMILES string of the molecule is Clc1nncc2c1cc1ccccn12. The Labute approximate surface area is 84.9 Å². The van der Waals surface area contributed by atoms with Gasteiger partial charge < -0.3 is 4.40 Å². The number of halogens is 1. The van der Waals surface area contributed by atoms with E-state index >= 15 is 0 Å². The molecule has 68 valence electrons. The highest BCUT2D eigenvalue weighted by molar-refractivity contribution is 6.34. The van der Waals surface area contributed by atoms with Crippen LogP contribution in [-0.2, 0) is 0 Å². The van der Waals surface area contributed by atoms with E-state index in [-0.39, 0.29) is 0 Å². The summed E-state index contributed by atoms with van der Waals surface area (Å²) in [7, 11) is 0. The number of aromatic nitrogens is 3. The maximum atomic E-state index is 5.94. The average Bonchev–Trinajstić information content (AvgIpc) is 2.59. The van der Waals surface area contributed by atoms with E-state index in [1.54, 1.807) is 6.20 Å². The summed E-state index contributed by atoms with van der Waals surface area (Å²) >= 11 is 5.94. The molecule has 0 amide bonds. The van der Waals surface area contributed by atoms with Crippen molar-refractivity contribution in [1.29, 1.82) is 0 Å². The molecule has 0 aliphatic carbocycles. The zero-order chi connectivity index (χ0) is 9.54. The fourth-order valence-corrected chi connectivity index (χ4v) is 1.83. The maximum absolute atomic E-state index is 5.94. The third kappa shape index (κ3) is 0.930. The molecule has 0 saturated heterocycles. The summed E-state index contributed by atoms with van der Waals surface area (Å²) in [6.45, 7) is 0. The Bertz CT molecular complexity index is 615. The first-order valence-electron chi connectivity index (χ1n) is 4.23. The van der Waals surface area contributed by atoms with Crippen molar-refractivity contribution in [2.45, 2.75) is 0 Å². The van der Waals surface area contributed by atoms with Crippen LogP contribution in [0, 0.1) is 0 Å². The lowest BCUT2D eigenvalue weighted by Crippen LogP contribution is -1.85. The van der Waals surface area contributed by atoms with E-state index in [0.717, 1.165) is 16.4 Å². The molecule has 0 aromatic carbocycles. The molecule has 0 aliphatic rings. The number of hydrogen-bond donors (Lipinski definition) is 0. The van der Waals surface area contributed by atoms with Gasteiger partial charge in [0.05, 0.1) is 11.7 Å². The van der Waals surface area contributed by atoms with Gasteiger partial charge in [0.25, 0.3) is 0 Å². The van der Waals surface area contributed by atoms with E-state index in [9.17, 15) is 0 Å². The summed E-state index contributed by atoms with van der Waals surface area (Å²) in [6.07, 6.45) is 3.70. The number of hydrogen-bond acceptors (Lipinski definition) is 2. The van der Waals surface area contributed by atoms with Gasteiger partial charge in [0.1, 0.15) is 0 Å². The van der Waals surface area contributed by atoms with Crippen molar-refractivity contribution in [1.82, 2.24) is 14.6 Å². The van der Waals surface area contributed by atoms with Crippen molar-refractivity contribution >= 4 is 28.0 Å². The van der Waals surface area contributed by atoms with E-state index in [2.05, 4.69) is 10.2 Å². The van der Waals surface area contributed by atoms with Crippen LogP contribution in [0.15, 0.2) is 36.7 Å². The molecule has 3 aromatic heterocycles. The molecule has 0 saturated carbocycles. The average molecular weight is 204 g/mol. The van der Waals surface area contributed by atoms with Crippen molar-refractivity contribution in [2.24, 2.45) is 0 Å². The van der Waals surface area contributed by atoms with Crippen LogP contribution >= 0.6 is 11.6 Å². The first-order chi connectivity index (χ1) is 6.86. The van der Waals surface area contributed by atoms with Gasteiger partial charge >= 0.3 is 0 Å². The van der Waals surface area contributed by atoms with Crippen molar-refractivity contribution in [2.75, 3.05) is 0 Å². The normalized spacial score (nSPS) is 11.2. The second kappa shape index (κ2) is 2.69. The van der Waals surface area contributed by atoms with Gasteiger partial charge in [0.15, 0.2) is 5.15 Å². The van der Waals surface area contributed by atoms with Crippen LogP contribution in [0.2, 0.25) is 5.15 Å². The number of fused-ring (bicyclic) bond motifs is 3. The van der Waals surface area contributed by atoms with E-state index < -0.39 is 0 Å². The van der Waals surface area contributed by atoms with Crippen LogP contribution < -0.4 is 0 Å². The fourth-order valence-electron chi connectivity index (χ4n) is 1.63. The standard InChI is InChI=1S/C10H6ClN3/c11-10-8-5-7-3-1-2-4-14(7)9(8)6-12-13-10/h1-6H. The molecular weight excluding hydrogens is 198 g/mol. The number of rotatable bonds is 0. The lowest BCUT2D eigenvalue weighted by molar-refractivity contribution is 1.04. The van der Waals surface area contributed by atoms with Gasteiger partial charge in [0.2, 0.25) is 0 Å². The first-order valence-corrected chi connectivity index (χ1v) is 4.61. The molecule has 3 rings (SSSR count). The van der Waals surface area contributed by atoms with E-state index in [0.29, 0.717) is 5.15 Å². The summed E-state index contributed by atoms with van der Waals surface area (Å²) in [4.78, 5) is 0. The van der Waals surface area contributed by atoms with Gasteiger partial charge in [0, 0.05) is 17.1 Å². The summed E-state index contributed by atoms with van der Waals surface area (Å²) in [6, 6.07) is 7.99. The van der Waals surface area contributed by atoms with E-state index in [1.165, 1.54) is 0 Å². The Balaban J connectivity index is 2.63. The topological polar surface area (TPSA) is 30.2 Å². The Morgan fingerprint density at radius 3 is 3.14 bits per heavy atom. The number of pyridine rings is 1. The highest BCUT2D eigenvalue weighted by Gasteiger charge is 2.05. The molecule has 0 bridgehead atoms. The molecule has 14 heavy (non-hydrogen) atoms. The van der Waals surface area contributed by atoms with Crippen LogP contribution in [-0.4, -0.2) is 14.6 Å². The van der Waals surface area contributed by atoms with Crippen LogP contribution in [0.25, 0.3) is 16.4 Å². The third-order valence-corrected chi connectivity index (χ3v) is 2.55. The minimum atomic E-state index is 0.450. The molecule has 0 unspecified atom stereocenters. The third-order valence-electron chi connectivity index (χ3n) is 2.27. The second-order valence-corrected chi connectivity index (χ2v) is 3.43. The van der Waals surface area contributed by atoms with Gasteiger partial charge in [-0.25, -0.2) is 0 Å². The zero-order valence-electron chi connectivity index (χ0n) is 7.18. The molecule has 0 N–H and O–H groups in total. The molecule has 0 radical (unpaired) electrons. The largest absolute Gasteiger partial charge is 0.315 e. The van der Waals surface area contributed by atoms with Crippen LogP contribution in [0.1, 0.15) is 0 Å². The molecule has 0 spiro atoms. The lowest BCUT2D eigenvalue weighted by Gasteiger charge is -1.94. The first kappa shape index (κ1) is 7.76. The molecule has 3 nitrogen and oxygen atoms in total. The quantitative estimate of drug-likeness (QED) is 0.562. The van der Waals surface area contributed by atoms with Gasteiger partial charge in [-0.15, -0.1) is 5.10 Å². The summed E-state index contributed by atoms with van der Waals surface area (Å²) in [5.74, 6) is 0. The summed E-state index contributed by atoms with van der Waals surface area (Å²) < 4.78 is 2.04. The second-order valence-electron chi connectivity index (χ2n) is 3.07. The Morgan fingerprint density at radius 1 is 1.29 bits per heavy atom. The van der Waals surface area contributed by atoms with Crippen molar-refractivity contribution in [3.63, 3.8) is 0 Å². The van der Waals surface area contributed by atoms with Crippen LogP contribution in [0.5, 0.6) is 0 Å². The number of nitrogens with zero attached hydrogens (tertiary/aromatic N) is 3. The van der Waals surface area contributed by atoms with Crippen LogP contribution in [0.4, 0.5) is 0 Å². The molecule has 3 heterocycles. The Kier molecular flexibility index (Phi) is 1.49. The Hall–Kier alpha value is -1.61. The minimum Gasteiger partial charge on any atom is -0.315 e. The van der Waals surface area contributed by atoms with Crippen molar-refractivity contribution < 1.29 is 0 Å². The summed E-state index contributed by atoms with van der Waals surface area (Å²) in [5.41, 5.74) is 2.08. The monoisotopic (exact) mass is 203 g/mol. The highest BCUT2D eigenvalue weighted by Crippen LogP contribution is 2.23. The molecule has 3 aromatic rings. The van der Waals surface area contributed by atoms with Crippen molar-refractivity contribution in [3.8, 4) is 0 Å². The van der Waals surface area contributed by atoms with E-state index in [1.807, 2.05) is 34.9 Å². The predicted molar refractivity (Wildman–Crippen MR) is 55.5 cm³/mol. The van der Waals surface area contributed by atoms with Gasteiger partial charge in [-0.1, -0.05) is 17.7 Å². The van der Waals surface area contributed by atoms with Crippen molar-refractivity contribution in [3.05, 3.63) is 41.8 Å². The lowest BCUT2D eigenvalue weighted by atomic mass is 10.3. The molecule has 0 aliphatic heterocycles. The highest BCUT2D eigenvalue weighted by atomic mass is 35.5. The zero-order valence-corrected chi connectivity index (χ0v) is 7.94. The predicted octanol–water partition coefficient (Wildman–Crippen LogP) is 2.54. The molecular formula is C10H6ClN3. The Morgan fingerprint density at radius 2 is 2.21 bits per heavy atom. The molecule has 0 fully saturated rings. The minimum absolute atomic E-state index is 0.450. The summed E-state index contributed by atoms with van der Waals surface area (Å²) in [5, 5.41) is 9.02. The molecule has 4 heteroatoms. The van der Waals surface area contributed by atoms with Crippen LogP contribution in [0.3, 0.4) is 0 Å². The smallest absolute Gasteiger partial charge is 0.161 e. The molecule has 0 atom stereocenters. The van der Waals surface area contributed by atoms with Gasteiger partial charge in [-0.3, -0.25) is 0 Å². The van der Waals surface area contributed by atoms with Gasteiger partial charge in [-0.05, 0) is 18.2 Å². The fraction of sp³-hybridized carbons (Fsp3) is 0. The van der Waals surface area contributed by atoms with E-state index in [4.69, 9.17) is 11.6 Å².